The average Bonchev–Trinajstić information content (AvgIpc) is 2.47. The Kier molecular flexibility index (Phi) is 5.54. The fraction of sp³-hybridized carbons (Fsp3) is 0.176. The lowest BCUT2D eigenvalue weighted by Crippen LogP contribution is -2.30. The molecule has 4 nitrogen and oxygen atoms in total. The average molecular weight is 409 g/mol. The molecule has 0 aliphatic rings. The van der Waals surface area contributed by atoms with E-state index >= 15 is 0 Å². The standard InChI is InChI=1S/C17H16INO3/c1-11-4-3-5-15(10-11)19-16(20)12(2)22-17(21)13-6-8-14(18)9-7-13/h3-10,12H,1-2H3,(H,19,20). The number of esters is 1. The van der Waals surface area contributed by atoms with Crippen LogP contribution in [0, 0.1) is 10.5 Å². The zero-order chi connectivity index (χ0) is 16.1. The Morgan fingerprint density at radius 3 is 2.45 bits per heavy atom. The van der Waals surface area contributed by atoms with Gasteiger partial charge in [-0.15, -0.1) is 0 Å². The fourth-order valence-corrected chi connectivity index (χ4v) is 2.19. The summed E-state index contributed by atoms with van der Waals surface area (Å²) in [6, 6.07) is 14.4. The second-order valence-corrected chi connectivity index (χ2v) is 6.16. The molecule has 0 heterocycles. The van der Waals surface area contributed by atoms with Crippen LogP contribution in [0.1, 0.15) is 22.8 Å². The minimum Gasteiger partial charge on any atom is -0.449 e. The predicted octanol–water partition coefficient (Wildman–Crippen LogP) is 3.78. The van der Waals surface area contributed by atoms with Gasteiger partial charge in [0.2, 0.25) is 0 Å². The van der Waals surface area contributed by atoms with Crippen molar-refractivity contribution in [2.75, 3.05) is 5.32 Å². The molecule has 1 unspecified atom stereocenters. The Labute approximate surface area is 143 Å². The molecule has 1 atom stereocenters. The zero-order valence-corrected chi connectivity index (χ0v) is 14.5. The normalized spacial score (nSPS) is 11.6. The summed E-state index contributed by atoms with van der Waals surface area (Å²) in [6.07, 6.45) is -0.868. The van der Waals surface area contributed by atoms with Crippen molar-refractivity contribution in [3.63, 3.8) is 0 Å². The Hall–Kier alpha value is -1.89. The number of aryl methyl sites for hydroxylation is 1. The number of hydrogen-bond donors (Lipinski definition) is 1. The van der Waals surface area contributed by atoms with Crippen LogP contribution >= 0.6 is 22.6 Å². The van der Waals surface area contributed by atoms with Crippen LogP contribution in [-0.4, -0.2) is 18.0 Å². The van der Waals surface area contributed by atoms with Crippen LogP contribution in [0.25, 0.3) is 0 Å². The van der Waals surface area contributed by atoms with Crippen molar-refractivity contribution in [3.8, 4) is 0 Å². The number of rotatable bonds is 4. The van der Waals surface area contributed by atoms with Gasteiger partial charge in [0.1, 0.15) is 0 Å². The maximum absolute atomic E-state index is 12.1. The first-order valence-electron chi connectivity index (χ1n) is 6.80. The molecule has 0 saturated carbocycles. The highest BCUT2D eigenvalue weighted by Gasteiger charge is 2.19. The third-order valence-electron chi connectivity index (χ3n) is 3.02. The second kappa shape index (κ2) is 7.40. The number of carbonyl (C=O) groups is 2. The molecule has 114 valence electrons. The third-order valence-corrected chi connectivity index (χ3v) is 3.74. The van der Waals surface area contributed by atoms with Gasteiger partial charge in [-0.05, 0) is 78.4 Å². The number of amides is 1. The van der Waals surface area contributed by atoms with E-state index in [0.717, 1.165) is 9.13 Å². The van der Waals surface area contributed by atoms with Gasteiger partial charge in [0.15, 0.2) is 6.10 Å². The highest BCUT2D eigenvalue weighted by molar-refractivity contribution is 14.1. The first-order chi connectivity index (χ1) is 10.5. The summed E-state index contributed by atoms with van der Waals surface area (Å²) in [6.45, 7) is 3.49. The largest absolute Gasteiger partial charge is 0.449 e. The molecule has 1 amide bonds. The van der Waals surface area contributed by atoms with Crippen molar-refractivity contribution in [1.29, 1.82) is 0 Å². The van der Waals surface area contributed by atoms with Crippen LogP contribution in [0.5, 0.6) is 0 Å². The minimum atomic E-state index is -0.868. The molecule has 0 aliphatic heterocycles. The van der Waals surface area contributed by atoms with E-state index in [-0.39, 0.29) is 5.91 Å². The second-order valence-electron chi connectivity index (χ2n) is 4.91. The molecule has 1 N–H and O–H groups in total. The number of nitrogens with one attached hydrogen (secondary N) is 1. The van der Waals surface area contributed by atoms with Crippen LogP contribution in [-0.2, 0) is 9.53 Å². The SMILES string of the molecule is Cc1cccc(NC(=O)C(C)OC(=O)c2ccc(I)cc2)c1. The van der Waals surface area contributed by atoms with Gasteiger partial charge in [-0.2, -0.15) is 0 Å². The summed E-state index contributed by atoms with van der Waals surface area (Å²) in [4.78, 5) is 24.0. The molecule has 22 heavy (non-hydrogen) atoms. The van der Waals surface area contributed by atoms with Gasteiger partial charge in [0.25, 0.3) is 5.91 Å². The van der Waals surface area contributed by atoms with Crippen molar-refractivity contribution >= 4 is 40.2 Å². The molecule has 2 rings (SSSR count). The van der Waals surface area contributed by atoms with E-state index in [9.17, 15) is 9.59 Å². The van der Waals surface area contributed by atoms with E-state index in [1.165, 1.54) is 0 Å². The number of benzene rings is 2. The quantitative estimate of drug-likeness (QED) is 0.618. The number of halogens is 1. The van der Waals surface area contributed by atoms with E-state index in [1.807, 2.05) is 37.3 Å². The molecule has 0 radical (unpaired) electrons. The van der Waals surface area contributed by atoms with Gasteiger partial charge in [-0.3, -0.25) is 4.79 Å². The Bertz CT molecular complexity index is 683. The maximum atomic E-state index is 12.1. The fourth-order valence-electron chi connectivity index (χ4n) is 1.83. The first-order valence-corrected chi connectivity index (χ1v) is 7.87. The highest BCUT2D eigenvalue weighted by Crippen LogP contribution is 2.12. The van der Waals surface area contributed by atoms with Crippen molar-refractivity contribution in [2.24, 2.45) is 0 Å². The van der Waals surface area contributed by atoms with Gasteiger partial charge in [-0.1, -0.05) is 12.1 Å². The van der Waals surface area contributed by atoms with E-state index in [0.29, 0.717) is 11.3 Å². The molecule has 0 bridgehead atoms. The van der Waals surface area contributed by atoms with E-state index < -0.39 is 12.1 Å². The zero-order valence-electron chi connectivity index (χ0n) is 12.3. The Morgan fingerprint density at radius 1 is 1.14 bits per heavy atom. The number of hydrogen-bond acceptors (Lipinski definition) is 3. The molecule has 0 fully saturated rings. The van der Waals surface area contributed by atoms with E-state index in [4.69, 9.17) is 4.74 Å². The molecule has 5 heteroatoms. The summed E-state index contributed by atoms with van der Waals surface area (Å²) < 4.78 is 6.21. The lowest BCUT2D eigenvalue weighted by molar-refractivity contribution is -0.123. The molecule has 2 aromatic carbocycles. The lowest BCUT2D eigenvalue weighted by atomic mass is 10.2. The summed E-state index contributed by atoms with van der Waals surface area (Å²) in [7, 11) is 0. The molecule has 0 aliphatic carbocycles. The molecule has 0 spiro atoms. The smallest absolute Gasteiger partial charge is 0.338 e. The molecule has 0 saturated heterocycles. The van der Waals surface area contributed by atoms with Crippen molar-refractivity contribution in [2.45, 2.75) is 20.0 Å². The number of anilines is 1. The monoisotopic (exact) mass is 409 g/mol. The van der Waals surface area contributed by atoms with Gasteiger partial charge in [0.05, 0.1) is 5.56 Å². The molecule has 2 aromatic rings. The van der Waals surface area contributed by atoms with Crippen molar-refractivity contribution < 1.29 is 14.3 Å². The molecule has 0 aromatic heterocycles. The van der Waals surface area contributed by atoms with Crippen LogP contribution in [0.3, 0.4) is 0 Å². The van der Waals surface area contributed by atoms with Crippen molar-refractivity contribution in [3.05, 3.63) is 63.2 Å². The van der Waals surface area contributed by atoms with Crippen LogP contribution < -0.4 is 5.32 Å². The van der Waals surface area contributed by atoms with E-state index in [1.54, 1.807) is 25.1 Å². The van der Waals surface area contributed by atoms with Gasteiger partial charge in [0, 0.05) is 9.26 Å². The third kappa shape index (κ3) is 4.56. The topological polar surface area (TPSA) is 55.4 Å². The van der Waals surface area contributed by atoms with Crippen LogP contribution in [0.15, 0.2) is 48.5 Å². The van der Waals surface area contributed by atoms with Gasteiger partial charge >= 0.3 is 5.97 Å². The number of carbonyl (C=O) groups excluding carboxylic acids is 2. The number of ether oxygens (including phenoxy) is 1. The Morgan fingerprint density at radius 2 is 1.82 bits per heavy atom. The summed E-state index contributed by atoms with van der Waals surface area (Å²) in [5, 5.41) is 2.73. The molecular formula is C17H16INO3. The lowest BCUT2D eigenvalue weighted by Gasteiger charge is -2.14. The van der Waals surface area contributed by atoms with Crippen molar-refractivity contribution in [1.82, 2.24) is 0 Å². The predicted molar refractivity (Wildman–Crippen MR) is 93.8 cm³/mol. The summed E-state index contributed by atoms with van der Waals surface area (Å²) in [5.41, 5.74) is 2.15. The maximum Gasteiger partial charge on any atom is 0.338 e. The Balaban J connectivity index is 1.96. The first kappa shape index (κ1) is 16.5. The van der Waals surface area contributed by atoms with Gasteiger partial charge in [-0.25, -0.2) is 4.79 Å². The minimum absolute atomic E-state index is 0.357. The van der Waals surface area contributed by atoms with Crippen LogP contribution in [0.4, 0.5) is 5.69 Å². The van der Waals surface area contributed by atoms with Gasteiger partial charge < -0.3 is 10.1 Å². The van der Waals surface area contributed by atoms with E-state index in [2.05, 4.69) is 27.9 Å². The van der Waals surface area contributed by atoms with Crippen LogP contribution in [0.2, 0.25) is 0 Å². The summed E-state index contributed by atoms with van der Waals surface area (Å²) >= 11 is 2.15. The molecular weight excluding hydrogens is 393 g/mol. The highest BCUT2D eigenvalue weighted by atomic mass is 127. The summed E-state index contributed by atoms with van der Waals surface area (Å²) in [5.74, 6) is -0.868.